The van der Waals surface area contributed by atoms with Crippen molar-refractivity contribution in [2.45, 2.75) is 23.2 Å². The number of rotatable bonds is 6. The first-order valence-electron chi connectivity index (χ1n) is 11.6. The molecule has 2 aliphatic heterocycles. The highest BCUT2D eigenvalue weighted by Gasteiger charge is 2.41. The van der Waals surface area contributed by atoms with Gasteiger partial charge in [0.2, 0.25) is 0 Å². The van der Waals surface area contributed by atoms with Crippen molar-refractivity contribution in [2.24, 2.45) is 0 Å². The fourth-order valence-electron chi connectivity index (χ4n) is 4.56. The van der Waals surface area contributed by atoms with Gasteiger partial charge in [-0.2, -0.15) is 0 Å². The van der Waals surface area contributed by atoms with E-state index in [0.29, 0.717) is 41.6 Å². The van der Waals surface area contributed by atoms with E-state index in [-0.39, 0.29) is 29.7 Å². The molecule has 1 amide bonds. The number of aromatic nitrogens is 2. The molecular weight excluding hydrogens is 516 g/mol. The van der Waals surface area contributed by atoms with Crippen LogP contribution in [0.5, 0.6) is 0 Å². The monoisotopic (exact) mass is 542 g/mol. The summed E-state index contributed by atoms with van der Waals surface area (Å²) in [6.07, 6.45) is 3.94. The fraction of sp³-hybridized carbons (Fsp3) is 0.320. The van der Waals surface area contributed by atoms with E-state index in [1.807, 2.05) is 11.0 Å². The van der Waals surface area contributed by atoms with Crippen LogP contribution in [0.2, 0.25) is 0 Å². The molecule has 2 aliphatic rings. The maximum Gasteiger partial charge on any atom is 0.252 e. The van der Waals surface area contributed by atoms with Crippen LogP contribution in [0.4, 0.5) is 11.5 Å². The smallest absolute Gasteiger partial charge is 0.252 e. The van der Waals surface area contributed by atoms with Crippen LogP contribution < -0.4 is 9.80 Å². The molecule has 1 unspecified atom stereocenters. The van der Waals surface area contributed by atoms with E-state index in [1.165, 1.54) is 18.4 Å². The van der Waals surface area contributed by atoms with Crippen molar-refractivity contribution >= 4 is 37.1 Å². The summed E-state index contributed by atoms with van der Waals surface area (Å²) in [6, 6.07) is 13.0. The normalized spacial score (nSPS) is 17.9. The van der Waals surface area contributed by atoms with Gasteiger partial charge in [-0.05, 0) is 29.3 Å². The molecule has 0 radical (unpaired) electrons. The minimum Gasteiger partial charge on any atom is -0.377 e. The van der Waals surface area contributed by atoms with Crippen molar-refractivity contribution in [3.8, 4) is 11.4 Å². The molecule has 10 nitrogen and oxygen atoms in total. The first-order valence-corrected chi connectivity index (χ1v) is 15.5. The Morgan fingerprint density at radius 3 is 2.49 bits per heavy atom. The Morgan fingerprint density at radius 1 is 1.03 bits per heavy atom. The van der Waals surface area contributed by atoms with Gasteiger partial charge in [0.05, 0.1) is 36.6 Å². The predicted octanol–water partition coefficient (Wildman–Crippen LogP) is 1.84. The standard InChI is InChI=1S/C25H26N4O6S2/c1-36(31,32)16-18-4-3-5-19(12-18)23-26-13-21-24(27-23)28-10-11-35-15-22(28)25(30)29(21)14-17-6-8-20(9-7-17)37(2,33)34/h3-9,12-13,22H,10-11,14-16H2,1-2H3. The summed E-state index contributed by atoms with van der Waals surface area (Å²) < 4.78 is 52.8. The summed E-state index contributed by atoms with van der Waals surface area (Å²) in [7, 11) is -6.53. The number of fused-ring (bicyclic) bond motifs is 3. The molecule has 1 aromatic heterocycles. The van der Waals surface area contributed by atoms with Crippen molar-refractivity contribution in [1.82, 2.24) is 9.97 Å². The van der Waals surface area contributed by atoms with Crippen LogP contribution in [0.25, 0.3) is 11.4 Å². The summed E-state index contributed by atoms with van der Waals surface area (Å²) >= 11 is 0. The van der Waals surface area contributed by atoms with E-state index < -0.39 is 25.7 Å². The van der Waals surface area contributed by atoms with Crippen molar-refractivity contribution in [2.75, 3.05) is 42.1 Å². The molecule has 0 saturated carbocycles. The summed E-state index contributed by atoms with van der Waals surface area (Å²) in [5.74, 6) is 0.786. The predicted molar refractivity (Wildman–Crippen MR) is 139 cm³/mol. The third kappa shape index (κ3) is 5.36. The second kappa shape index (κ2) is 9.51. The summed E-state index contributed by atoms with van der Waals surface area (Å²) in [4.78, 5) is 26.6. The Balaban J connectivity index is 1.53. The molecular formula is C25H26N4O6S2. The molecule has 1 atom stereocenters. The molecule has 0 spiro atoms. The fourth-order valence-corrected chi connectivity index (χ4v) is 5.97. The van der Waals surface area contributed by atoms with Gasteiger partial charge < -0.3 is 14.5 Å². The Morgan fingerprint density at radius 2 is 1.78 bits per heavy atom. The van der Waals surface area contributed by atoms with Crippen molar-refractivity contribution in [3.05, 3.63) is 65.9 Å². The zero-order valence-corrected chi connectivity index (χ0v) is 22.0. The summed E-state index contributed by atoms with van der Waals surface area (Å²) in [5, 5.41) is 0. The molecule has 5 rings (SSSR count). The largest absolute Gasteiger partial charge is 0.377 e. The SMILES string of the molecule is CS(=O)(=O)Cc1cccc(-c2ncc3c(n2)N2CCOCC2C(=O)N3Cc2ccc(S(C)(=O)=O)cc2)c1. The van der Waals surface area contributed by atoms with Gasteiger partial charge in [-0.25, -0.2) is 26.8 Å². The zero-order chi connectivity index (χ0) is 26.4. The van der Waals surface area contributed by atoms with Crippen molar-refractivity contribution < 1.29 is 26.4 Å². The van der Waals surface area contributed by atoms with E-state index in [4.69, 9.17) is 9.72 Å². The number of amides is 1. The number of ether oxygens (including phenoxy) is 1. The van der Waals surface area contributed by atoms with Crippen LogP contribution >= 0.6 is 0 Å². The average Bonchev–Trinajstić information content (AvgIpc) is 2.85. The molecule has 0 N–H and O–H groups in total. The summed E-state index contributed by atoms with van der Waals surface area (Å²) in [5.41, 5.74) is 2.62. The van der Waals surface area contributed by atoms with E-state index in [9.17, 15) is 21.6 Å². The van der Waals surface area contributed by atoms with Crippen molar-refractivity contribution in [1.29, 1.82) is 0 Å². The maximum absolute atomic E-state index is 13.5. The molecule has 194 valence electrons. The van der Waals surface area contributed by atoms with Crippen molar-refractivity contribution in [3.63, 3.8) is 0 Å². The first kappa shape index (κ1) is 25.3. The van der Waals surface area contributed by atoms with Gasteiger partial charge in [0.25, 0.3) is 5.91 Å². The number of sulfone groups is 2. The maximum atomic E-state index is 13.5. The van der Waals surface area contributed by atoms with Gasteiger partial charge >= 0.3 is 0 Å². The Hall–Kier alpha value is -3.35. The molecule has 0 bridgehead atoms. The molecule has 2 aromatic carbocycles. The lowest BCUT2D eigenvalue weighted by Gasteiger charge is -2.43. The van der Waals surface area contributed by atoms with Gasteiger partial charge in [-0.3, -0.25) is 4.79 Å². The van der Waals surface area contributed by atoms with Gasteiger partial charge in [-0.1, -0.05) is 30.3 Å². The third-order valence-electron chi connectivity index (χ3n) is 6.30. The van der Waals surface area contributed by atoms with E-state index in [2.05, 4.69) is 4.98 Å². The number of benzene rings is 2. The number of nitrogens with zero attached hydrogens (tertiary/aromatic N) is 4. The number of anilines is 2. The number of hydrogen-bond donors (Lipinski definition) is 0. The Kier molecular flexibility index (Phi) is 6.50. The van der Waals surface area contributed by atoms with Crippen LogP contribution in [0.15, 0.2) is 59.6 Å². The van der Waals surface area contributed by atoms with Gasteiger partial charge in [0.15, 0.2) is 31.3 Å². The topological polar surface area (TPSA) is 127 Å². The Bertz CT molecular complexity index is 1570. The van der Waals surface area contributed by atoms with E-state index >= 15 is 0 Å². The summed E-state index contributed by atoms with van der Waals surface area (Å²) in [6.45, 7) is 1.39. The number of morpholine rings is 1. The molecule has 12 heteroatoms. The lowest BCUT2D eigenvalue weighted by molar-refractivity contribution is -0.122. The highest BCUT2D eigenvalue weighted by atomic mass is 32.2. The number of carbonyl (C=O) groups excluding carboxylic acids is 1. The van der Waals surface area contributed by atoms with Crippen LogP contribution in [0, 0.1) is 0 Å². The molecule has 3 aromatic rings. The van der Waals surface area contributed by atoms with Crippen LogP contribution in [0.3, 0.4) is 0 Å². The minimum absolute atomic E-state index is 0.0856. The highest BCUT2D eigenvalue weighted by Crippen LogP contribution is 2.37. The van der Waals surface area contributed by atoms with Gasteiger partial charge in [0, 0.05) is 24.6 Å². The third-order valence-corrected chi connectivity index (χ3v) is 8.28. The molecule has 0 aliphatic carbocycles. The van der Waals surface area contributed by atoms with E-state index in [1.54, 1.807) is 41.4 Å². The Labute approximate surface area is 215 Å². The second-order valence-electron chi connectivity index (χ2n) is 9.30. The molecule has 37 heavy (non-hydrogen) atoms. The first-order chi connectivity index (χ1) is 17.5. The average molecular weight is 543 g/mol. The molecule has 3 heterocycles. The van der Waals surface area contributed by atoms with Gasteiger partial charge in [-0.15, -0.1) is 0 Å². The zero-order valence-electron chi connectivity index (χ0n) is 20.4. The van der Waals surface area contributed by atoms with Crippen LogP contribution in [-0.2, 0) is 41.5 Å². The molecule has 1 saturated heterocycles. The quantitative estimate of drug-likeness (QED) is 0.458. The minimum atomic E-state index is -3.33. The van der Waals surface area contributed by atoms with E-state index in [0.717, 1.165) is 11.8 Å². The van der Waals surface area contributed by atoms with Crippen LogP contribution in [-0.4, -0.2) is 71.0 Å². The lowest BCUT2D eigenvalue weighted by Crippen LogP contribution is -2.58. The number of carbonyl (C=O) groups is 1. The lowest BCUT2D eigenvalue weighted by atomic mass is 10.1. The molecule has 1 fully saturated rings. The second-order valence-corrected chi connectivity index (χ2v) is 13.5. The van der Waals surface area contributed by atoms with Gasteiger partial charge in [0.1, 0.15) is 11.7 Å². The highest BCUT2D eigenvalue weighted by molar-refractivity contribution is 7.90. The van der Waals surface area contributed by atoms with Crippen LogP contribution in [0.1, 0.15) is 11.1 Å². The number of hydrogen-bond acceptors (Lipinski definition) is 9.